The molecule has 0 aliphatic heterocycles. The van der Waals surface area contributed by atoms with E-state index < -0.39 is 5.82 Å². The number of nitrogens with zero attached hydrogens (tertiary/aromatic N) is 4. The van der Waals surface area contributed by atoms with Gasteiger partial charge in [0.1, 0.15) is 6.33 Å². The fraction of sp³-hybridized carbons (Fsp3) is 0. The van der Waals surface area contributed by atoms with Crippen LogP contribution in [0.3, 0.4) is 0 Å². The van der Waals surface area contributed by atoms with Crippen molar-refractivity contribution >= 4 is 29.1 Å². The smallest absolute Gasteiger partial charge is 0.196 e. The number of anilines is 1. The van der Waals surface area contributed by atoms with Gasteiger partial charge in [0.2, 0.25) is 0 Å². The summed E-state index contributed by atoms with van der Waals surface area (Å²) in [5.41, 5.74) is 5.28. The van der Waals surface area contributed by atoms with Crippen molar-refractivity contribution in [2.24, 2.45) is 0 Å². The summed E-state index contributed by atoms with van der Waals surface area (Å²) in [6.07, 6.45) is 2.46. The standard InChI is InChI=1S/C6H4FN5S2/c7-3-1-9-5(12-4(3)8)13-6-10-2-11-14-6/h1-2H,(H2,8,9,12). The van der Waals surface area contributed by atoms with E-state index in [9.17, 15) is 4.39 Å². The number of rotatable bonds is 2. The maximum atomic E-state index is 12.7. The average molecular weight is 229 g/mol. The number of halogens is 1. The molecule has 2 rings (SSSR count). The molecule has 14 heavy (non-hydrogen) atoms. The fourth-order valence-electron chi connectivity index (χ4n) is 0.699. The molecule has 0 radical (unpaired) electrons. The van der Waals surface area contributed by atoms with E-state index in [1.807, 2.05) is 0 Å². The van der Waals surface area contributed by atoms with E-state index in [1.165, 1.54) is 29.6 Å². The van der Waals surface area contributed by atoms with Gasteiger partial charge < -0.3 is 5.73 Å². The Balaban J connectivity index is 2.22. The monoisotopic (exact) mass is 229 g/mol. The Morgan fingerprint density at radius 3 is 2.93 bits per heavy atom. The Bertz CT molecular complexity index is 432. The van der Waals surface area contributed by atoms with E-state index in [-0.39, 0.29) is 5.82 Å². The van der Waals surface area contributed by atoms with Gasteiger partial charge in [-0.2, -0.15) is 4.37 Å². The van der Waals surface area contributed by atoms with Crippen LogP contribution in [0.1, 0.15) is 0 Å². The zero-order chi connectivity index (χ0) is 9.97. The van der Waals surface area contributed by atoms with Crippen molar-refractivity contribution in [3.63, 3.8) is 0 Å². The van der Waals surface area contributed by atoms with Crippen molar-refractivity contribution in [3.8, 4) is 0 Å². The van der Waals surface area contributed by atoms with Gasteiger partial charge in [0, 0.05) is 0 Å². The van der Waals surface area contributed by atoms with Crippen LogP contribution in [0.5, 0.6) is 0 Å². The molecule has 2 aromatic heterocycles. The lowest BCUT2D eigenvalue weighted by molar-refractivity contribution is 0.612. The molecule has 0 aliphatic rings. The second-order valence-electron chi connectivity index (χ2n) is 2.19. The lowest BCUT2D eigenvalue weighted by atomic mass is 10.6. The van der Waals surface area contributed by atoms with Crippen LogP contribution in [0.25, 0.3) is 0 Å². The van der Waals surface area contributed by atoms with Crippen LogP contribution in [0.2, 0.25) is 0 Å². The van der Waals surface area contributed by atoms with Crippen molar-refractivity contribution < 1.29 is 4.39 Å². The largest absolute Gasteiger partial charge is 0.381 e. The highest BCUT2D eigenvalue weighted by molar-refractivity contribution is 8.00. The topological polar surface area (TPSA) is 77.6 Å². The van der Waals surface area contributed by atoms with Crippen molar-refractivity contribution in [1.29, 1.82) is 0 Å². The number of hydrogen-bond acceptors (Lipinski definition) is 7. The molecule has 0 atom stereocenters. The average Bonchev–Trinajstić information content (AvgIpc) is 2.64. The van der Waals surface area contributed by atoms with E-state index in [0.717, 1.165) is 6.20 Å². The molecule has 0 saturated heterocycles. The number of nitrogens with two attached hydrogens (primary N) is 1. The Morgan fingerprint density at radius 1 is 1.43 bits per heavy atom. The molecule has 2 heterocycles. The summed E-state index contributed by atoms with van der Waals surface area (Å²) >= 11 is 2.41. The molecule has 0 bridgehead atoms. The van der Waals surface area contributed by atoms with Crippen molar-refractivity contribution in [3.05, 3.63) is 18.3 Å². The summed E-state index contributed by atoms with van der Waals surface area (Å²) in [5.74, 6) is -0.779. The van der Waals surface area contributed by atoms with Gasteiger partial charge >= 0.3 is 0 Å². The van der Waals surface area contributed by atoms with E-state index in [1.54, 1.807) is 0 Å². The normalized spacial score (nSPS) is 10.4. The molecule has 72 valence electrons. The second-order valence-corrected chi connectivity index (χ2v) is 4.19. The first kappa shape index (κ1) is 9.28. The van der Waals surface area contributed by atoms with E-state index in [2.05, 4.69) is 19.3 Å². The number of aromatic nitrogens is 4. The summed E-state index contributed by atoms with van der Waals surface area (Å²) in [5, 5.41) is 0.362. The van der Waals surface area contributed by atoms with Gasteiger partial charge in [0.05, 0.1) is 6.20 Å². The van der Waals surface area contributed by atoms with Crippen LogP contribution in [0.4, 0.5) is 10.2 Å². The van der Waals surface area contributed by atoms with Gasteiger partial charge in [0.25, 0.3) is 0 Å². The third-order valence-electron chi connectivity index (χ3n) is 1.27. The molecule has 2 aromatic rings. The summed E-state index contributed by atoms with van der Waals surface area (Å²) in [7, 11) is 0. The van der Waals surface area contributed by atoms with E-state index >= 15 is 0 Å². The molecule has 0 amide bonds. The highest BCUT2D eigenvalue weighted by Gasteiger charge is 2.06. The Hall–Kier alpha value is -1.28. The summed E-state index contributed by atoms with van der Waals surface area (Å²) < 4.78 is 17.2. The van der Waals surface area contributed by atoms with Gasteiger partial charge in [-0.1, -0.05) is 0 Å². The lowest BCUT2D eigenvalue weighted by Crippen LogP contribution is -1.97. The second kappa shape index (κ2) is 3.84. The molecule has 0 spiro atoms. The van der Waals surface area contributed by atoms with Crippen LogP contribution < -0.4 is 5.73 Å². The van der Waals surface area contributed by atoms with Crippen LogP contribution in [-0.2, 0) is 0 Å². The highest BCUT2D eigenvalue weighted by atomic mass is 32.2. The molecule has 0 aliphatic carbocycles. The minimum atomic E-state index is -0.619. The molecule has 5 nitrogen and oxygen atoms in total. The quantitative estimate of drug-likeness (QED) is 0.780. The van der Waals surface area contributed by atoms with Gasteiger partial charge in [-0.3, -0.25) is 0 Å². The SMILES string of the molecule is Nc1nc(Sc2ncns2)ncc1F. The fourth-order valence-corrected chi connectivity index (χ4v) is 1.98. The summed E-state index contributed by atoms with van der Waals surface area (Å²) in [6.45, 7) is 0. The van der Waals surface area contributed by atoms with Crippen LogP contribution >= 0.6 is 23.3 Å². The van der Waals surface area contributed by atoms with Crippen molar-refractivity contribution in [2.75, 3.05) is 5.73 Å². The van der Waals surface area contributed by atoms with Gasteiger partial charge in [-0.05, 0) is 23.3 Å². The van der Waals surface area contributed by atoms with Crippen molar-refractivity contribution in [2.45, 2.75) is 9.50 Å². The van der Waals surface area contributed by atoms with E-state index in [0.29, 0.717) is 9.50 Å². The number of nitrogen functional groups attached to an aromatic ring is 1. The zero-order valence-electron chi connectivity index (χ0n) is 6.72. The first-order valence-corrected chi connectivity index (χ1v) is 5.07. The maximum absolute atomic E-state index is 12.7. The minimum absolute atomic E-state index is 0.160. The predicted octanol–water partition coefficient (Wildman–Crippen LogP) is 1.20. The van der Waals surface area contributed by atoms with Crippen LogP contribution in [0.15, 0.2) is 22.0 Å². The third kappa shape index (κ3) is 1.96. The molecule has 0 aromatic carbocycles. The lowest BCUT2D eigenvalue weighted by Gasteiger charge is -1.97. The molecule has 0 saturated carbocycles. The molecule has 0 fully saturated rings. The Kier molecular flexibility index (Phi) is 2.55. The Labute approximate surface area is 86.8 Å². The molecule has 0 unspecified atom stereocenters. The van der Waals surface area contributed by atoms with Crippen LogP contribution in [0, 0.1) is 5.82 Å². The highest BCUT2D eigenvalue weighted by Crippen LogP contribution is 2.25. The van der Waals surface area contributed by atoms with Crippen LogP contribution in [-0.4, -0.2) is 19.3 Å². The van der Waals surface area contributed by atoms with Gasteiger partial charge in [0.15, 0.2) is 21.1 Å². The summed E-state index contributed by atoms with van der Waals surface area (Å²) in [6, 6.07) is 0. The molecule has 8 heteroatoms. The molecular formula is C6H4FN5S2. The third-order valence-corrected chi connectivity index (χ3v) is 2.86. The minimum Gasteiger partial charge on any atom is -0.381 e. The molecule has 2 N–H and O–H groups in total. The predicted molar refractivity (Wildman–Crippen MR) is 50.4 cm³/mol. The van der Waals surface area contributed by atoms with E-state index in [4.69, 9.17) is 5.73 Å². The molecular weight excluding hydrogens is 225 g/mol. The first-order valence-electron chi connectivity index (χ1n) is 3.48. The maximum Gasteiger partial charge on any atom is 0.196 e. The Morgan fingerprint density at radius 2 is 2.29 bits per heavy atom. The summed E-state index contributed by atoms with van der Waals surface area (Å²) in [4.78, 5) is 11.4. The number of hydrogen-bond donors (Lipinski definition) is 1. The van der Waals surface area contributed by atoms with Gasteiger partial charge in [-0.15, -0.1) is 0 Å². The zero-order valence-corrected chi connectivity index (χ0v) is 8.35. The first-order chi connectivity index (χ1) is 6.75. The van der Waals surface area contributed by atoms with Crippen molar-refractivity contribution in [1.82, 2.24) is 19.3 Å². The van der Waals surface area contributed by atoms with Gasteiger partial charge in [-0.25, -0.2) is 19.3 Å².